The molecule has 0 aliphatic heterocycles. The molecule has 2 aromatic rings. The molecule has 148 valence electrons. The van der Waals surface area contributed by atoms with Crippen LogP contribution in [0.25, 0.3) is 0 Å². The van der Waals surface area contributed by atoms with E-state index in [1.807, 2.05) is 0 Å². The fourth-order valence-electron chi connectivity index (χ4n) is 3.59. The molecular weight excluding hydrogens is 380 g/mol. The van der Waals surface area contributed by atoms with Crippen LogP contribution >= 0.6 is 22.7 Å². The Bertz CT molecular complexity index is 787. The lowest BCUT2D eigenvalue weighted by Crippen LogP contribution is -2.29. The van der Waals surface area contributed by atoms with E-state index in [4.69, 9.17) is 17.2 Å². The Kier molecular flexibility index (Phi) is 6.67. The number of carbonyl (C=O) groups excluding carboxylic acids is 1. The maximum atomic E-state index is 10.8. The van der Waals surface area contributed by atoms with Gasteiger partial charge in [-0.1, -0.05) is 0 Å². The number of nitrogen functional groups attached to an aromatic ring is 2. The smallest absolute Gasteiger partial charge is 0.216 e. The first-order chi connectivity index (χ1) is 12.9. The van der Waals surface area contributed by atoms with Crippen molar-refractivity contribution in [3.8, 4) is 0 Å². The number of rotatable bonds is 3. The summed E-state index contributed by atoms with van der Waals surface area (Å²) in [4.78, 5) is 22.0. The molecule has 2 aliphatic rings. The summed E-state index contributed by atoms with van der Waals surface area (Å²) < 4.78 is 0. The molecule has 7 N–H and O–H groups in total. The number of carbonyl (C=O) groups is 1. The maximum Gasteiger partial charge on any atom is 0.216 e. The molecule has 4 rings (SSSR count). The van der Waals surface area contributed by atoms with Crippen LogP contribution in [0.15, 0.2) is 0 Å². The van der Waals surface area contributed by atoms with Crippen LogP contribution in [0.3, 0.4) is 0 Å². The lowest BCUT2D eigenvalue weighted by atomic mass is 9.91. The fourth-order valence-corrected chi connectivity index (χ4v) is 5.58. The van der Waals surface area contributed by atoms with E-state index in [0.717, 1.165) is 50.9 Å². The lowest BCUT2D eigenvalue weighted by Gasteiger charge is -2.20. The number of aromatic nitrogens is 2. The van der Waals surface area contributed by atoms with Crippen LogP contribution in [-0.2, 0) is 30.5 Å². The van der Waals surface area contributed by atoms with Crippen molar-refractivity contribution in [1.29, 1.82) is 0 Å². The summed E-state index contributed by atoms with van der Waals surface area (Å²) in [6.45, 7) is 3.11. The fraction of sp³-hybridized carbons (Fsp3) is 0.611. The molecule has 2 atom stereocenters. The first kappa shape index (κ1) is 20.0. The van der Waals surface area contributed by atoms with Crippen LogP contribution in [0.2, 0.25) is 0 Å². The summed E-state index contributed by atoms with van der Waals surface area (Å²) in [7, 11) is 0. The zero-order valence-corrected chi connectivity index (χ0v) is 17.3. The Hall–Kier alpha value is -1.71. The number of nitrogens with zero attached hydrogens (tertiary/aromatic N) is 2. The monoisotopic (exact) mass is 408 g/mol. The molecule has 0 bridgehead atoms. The summed E-state index contributed by atoms with van der Waals surface area (Å²) in [5, 5.41) is 4.24. The Balaban J connectivity index is 0.000000159. The zero-order chi connectivity index (χ0) is 19.4. The third-order valence-corrected chi connectivity index (χ3v) is 6.99. The van der Waals surface area contributed by atoms with Crippen LogP contribution in [0.1, 0.15) is 40.9 Å². The molecule has 0 fully saturated rings. The van der Waals surface area contributed by atoms with Crippen molar-refractivity contribution < 1.29 is 4.79 Å². The minimum atomic E-state index is 0.0459. The predicted molar refractivity (Wildman–Crippen MR) is 112 cm³/mol. The van der Waals surface area contributed by atoms with Crippen LogP contribution in [0.4, 0.5) is 10.3 Å². The molecule has 0 radical (unpaired) electrons. The van der Waals surface area contributed by atoms with Crippen LogP contribution in [-0.4, -0.2) is 29.0 Å². The number of hydrogen-bond donors (Lipinski definition) is 4. The zero-order valence-electron chi connectivity index (χ0n) is 15.7. The standard InChI is InChI=1S/C10H15N3OS.C8H13N3S/c1-6(14)12-5-7-2-3-8-9(4-7)15-10(11)13-8;9-4-5-1-2-6-7(3-5)12-8(10)11-6/h7H,2-5H2,1H3,(H2,11,13)(H,12,14);5H,1-4,9H2,(H2,10,11). The number of anilines is 2. The van der Waals surface area contributed by atoms with Gasteiger partial charge in [-0.3, -0.25) is 4.79 Å². The van der Waals surface area contributed by atoms with Gasteiger partial charge in [-0.05, 0) is 56.9 Å². The van der Waals surface area contributed by atoms with Crippen molar-refractivity contribution in [2.45, 2.75) is 45.4 Å². The maximum absolute atomic E-state index is 10.8. The van der Waals surface area contributed by atoms with E-state index in [9.17, 15) is 4.79 Å². The van der Waals surface area contributed by atoms with Crippen molar-refractivity contribution in [2.24, 2.45) is 17.6 Å². The van der Waals surface area contributed by atoms with Gasteiger partial charge in [-0.25, -0.2) is 9.97 Å². The van der Waals surface area contributed by atoms with Gasteiger partial charge in [0.1, 0.15) is 0 Å². The Morgan fingerprint density at radius 2 is 1.56 bits per heavy atom. The minimum Gasteiger partial charge on any atom is -0.375 e. The lowest BCUT2D eigenvalue weighted by molar-refractivity contribution is -0.119. The van der Waals surface area contributed by atoms with Gasteiger partial charge in [0.2, 0.25) is 5.91 Å². The molecule has 2 aromatic heterocycles. The van der Waals surface area contributed by atoms with Crippen molar-refractivity contribution in [2.75, 3.05) is 24.6 Å². The van der Waals surface area contributed by atoms with Crippen molar-refractivity contribution in [3.63, 3.8) is 0 Å². The molecule has 0 saturated heterocycles. The normalized spacial score (nSPS) is 20.8. The largest absolute Gasteiger partial charge is 0.375 e. The first-order valence-corrected chi connectivity index (χ1v) is 11.0. The van der Waals surface area contributed by atoms with Gasteiger partial charge in [-0.2, -0.15) is 0 Å². The summed E-state index contributed by atoms with van der Waals surface area (Å²) in [6.07, 6.45) is 6.41. The van der Waals surface area contributed by atoms with Gasteiger partial charge in [-0.15, -0.1) is 22.7 Å². The highest BCUT2D eigenvalue weighted by Crippen LogP contribution is 2.31. The molecule has 0 aromatic carbocycles. The first-order valence-electron chi connectivity index (χ1n) is 9.37. The number of thiazole rings is 2. The molecule has 7 nitrogen and oxygen atoms in total. The van der Waals surface area contributed by atoms with Gasteiger partial charge in [0.05, 0.1) is 11.4 Å². The summed E-state index contributed by atoms with van der Waals surface area (Å²) in [5.41, 5.74) is 19.3. The number of fused-ring (bicyclic) bond motifs is 2. The average molecular weight is 409 g/mol. The quantitative estimate of drug-likeness (QED) is 0.611. The topological polar surface area (TPSA) is 133 Å². The molecule has 9 heteroatoms. The minimum absolute atomic E-state index is 0.0459. The molecule has 0 saturated carbocycles. The molecular formula is C18H28N6OS2. The van der Waals surface area contributed by atoms with E-state index in [1.54, 1.807) is 29.6 Å². The summed E-state index contributed by atoms with van der Waals surface area (Å²) in [5.74, 6) is 1.24. The van der Waals surface area contributed by atoms with Gasteiger partial charge in [0, 0.05) is 23.2 Å². The van der Waals surface area contributed by atoms with Crippen molar-refractivity contribution in [1.82, 2.24) is 15.3 Å². The number of hydrogen-bond acceptors (Lipinski definition) is 8. The average Bonchev–Trinajstić information content (AvgIpc) is 3.19. The van der Waals surface area contributed by atoms with Gasteiger partial charge < -0.3 is 22.5 Å². The van der Waals surface area contributed by atoms with Crippen LogP contribution in [0, 0.1) is 11.8 Å². The number of nitrogens with one attached hydrogen (secondary N) is 1. The third kappa shape index (κ3) is 5.40. The summed E-state index contributed by atoms with van der Waals surface area (Å²) >= 11 is 3.20. The van der Waals surface area contributed by atoms with Crippen molar-refractivity contribution >= 4 is 38.8 Å². The number of amides is 1. The van der Waals surface area contributed by atoms with E-state index >= 15 is 0 Å². The molecule has 2 heterocycles. The number of aryl methyl sites for hydroxylation is 2. The second kappa shape index (κ2) is 8.99. The number of nitrogens with two attached hydrogens (primary N) is 3. The highest BCUT2D eigenvalue weighted by Gasteiger charge is 2.22. The Labute approximate surface area is 167 Å². The second-order valence-electron chi connectivity index (χ2n) is 7.23. The summed E-state index contributed by atoms with van der Waals surface area (Å²) in [6, 6.07) is 0. The SMILES string of the molecule is CC(=O)NCC1CCc2nc(N)sc2C1.NCC1CCc2nc(N)sc2C1. The van der Waals surface area contributed by atoms with E-state index in [1.165, 1.54) is 21.9 Å². The molecule has 27 heavy (non-hydrogen) atoms. The molecule has 1 amide bonds. The molecule has 0 spiro atoms. The highest BCUT2D eigenvalue weighted by atomic mass is 32.1. The van der Waals surface area contributed by atoms with Gasteiger partial charge in [0.15, 0.2) is 10.3 Å². The van der Waals surface area contributed by atoms with Crippen LogP contribution < -0.4 is 22.5 Å². The Morgan fingerprint density at radius 3 is 2.07 bits per heavy atom. The van der Waals surface area contributed by atoms with Crippen LogP contribution in [0.5, 0.6) is 0 Å². The van der Waals surface area contributed by atoms with E-state index in [-0.39, 0.29) is 5.91 Å². The molecule has 2 aliphatic carbocycles. The van der Waals surface area contributed by atoms with E-state index in [0.29, 0.717) is 22.1 Å². The predicted octanol–water partition coefficient (Wildman–Crippen LogP) is 1.76. The van der Waals surface area contributed by atoms with Gasteiger partial charge in [0.25, 0.3) is 0 Å². The van der Waals surface area contributed by atoms with E-state index < -0.39 is 0 Å². The van der Waals surface area contributed by atoms with E-state index in [2.05, 4.69) is 15.3 Å². The highest BCUT2D eigenvalue weighted by molar-refractivity contribution is 7.15. The Morgan fingerprint density at radius 1 is 1.04 bits per heavy atom. The van der Waals surface area contributed by atoms with Gasteiger partial charge >= 0.3 is 0 Å². The molecule has 2 unspecified atom stereocenters. The second-order valence-corrected chi connectivity index (χ2v) is 9.46. The third-order valence-electron chi connectivity index (χ3n) is 5.09. The van der Waals surface area contributed by atoms with Crippen molar-refractivity contribution in [3.05, 3.63) is 21.1 Å².